The molecule has 0 aromatic heterocycles. The maximum absolute atomic E-state index is 11.8. The summed E-state index contributed by atoms with van der Waals surface area (Å²) in [5, 5.41) is 3.23. The molecule has 0 amide bonds. The minimum Gasteiger partial charge on any atom is -0.464 e. The zero-order valence-corrected chi connectivity index (χ0v) is 12.5. The zero-order chi connectivity index (χ0) is 13.4. The molecule has 1 aromatic rings. The van der Waals surface area contributed by atoms with Crippen LogP contribution in [-0.2, 0) is 9.53 Å². The minimum atomic E-state index is -0.258. The quantitative estimate of drug-likeness (QED) is 0.774. The Bertz CT molecular complexity index is 365. The fourth-order valence-electron chi connectivity index (χ4n) is 1.65. The van der Waals surface area contributed by atoms with Crippen molar-refractivity contribution in [2.24, 2.45) is 0 Å². The number of ether oxygens (including phenoxy) is 1. The summed E-state index contributed by atoms with van der Waals surface area (Å²) in [5.74, 6) is -0.172. The summed E-state index contributed by atoms with van der Waals surface area (Å²) in [6, 6.07) is 7.53. The summed E-state index contributed by atoms with van der Waals surface area (Å²) in [6.07, 6.45) is 2.87. The third kappa shape index (κ3) is 5.08. The van der Waals surface area contributed by atoms with E-state index in [0.29, 0.717) is 6.61 Å². The van der Waals surface area contributed by atoms with Gasteiger partial charge in [-0.2, -0.15) is 0 Å². The van der Waals surface area contributed by atoms with E-state index in [9.17, 15) is 4.79 Å². The zero-order valence-electron chi connectivity index (χ0n) is 10.9. The van der Waals surface area contributed by atoms with Crippen molar-refractivity contribution in [3.05, 3.63) is 28.7 Å². The van der Waals surface area contributed by atoms with Crippen molar-refractivity contribution in [3.8, 4) is 0 Å². The maximum Gasteiger partial charge on any atom is 0.328 e. The van der Waals surface area contributed by atoms with Gasteiger partial charge in [-0.15, -0.1) is 0 Å². The number of esters is 1. The van der Waals surface area contributed by atoms with Gasteiger partial charge in [-0.3, -0.25) is 0 Å². The lowest BCUT2D eigenvalue weighted by atomic mass is 10.1. The van der Waals surface area contributed by atoms with Crippen molar-refractivity contribution in [2.75, 3.05) is 11.9 Å². The van der Waals surface area contributed by atoms with Gasteiger partial charge in [0, 0.05) is 10.2 Å². The van der Waals surface area contributed by atoms with Crippen LogP contribution in [0.2, 0.25) is 0 Å². The summed E-state index contributed by atoms with van der Waals surface area (Å²) in [5.41, 5.74) is 0.937. The van der Waals surface area contributed by atoms with Crippen LogP contribution >= 0.6 is 15.9 Å². The molecule has 0 aliphatic carbocycles. The smallest absolute Gasteiger partial charge is 0.328 e. The number of rotatable bonds is 7. The molecule has 0 spiro atoms. The van der Waals surface area contributed by atoms with E-state index in [0.717, 1.165) is 29.4 Å². The highest BCUT2D eigenvalue weighted by Gasteiger charge is 2.18. The van der Waals surface area contributed by atoms with Gasteiger partial charge in [-0.25, -0.2) is 4.79 Å². The van der Waals surface area contributed by atoms with Crippen molar-refractivity contribution < 1.29 is 9.53 Å². The molecule has 4 heteroatoms. The number of hydrogen-bond acceptors (Lipinski definition) is 3. The van der Waals surface area contributed by atoms with E-state index in [2.05, 4.69) is 28.2 Å². The van der Waals surface area contributed by atoms with Gasteiger partial charge in [0.05, 0.1) is 6.61 Å². The molecular formula is C14H20BrNO2. The molecule has 1 atom stereocenters. The molecule has 18 heavy (non-hydrogen) atoms. The second kappa shape index (κ2) is 8.14. The number of halogens is 1. The number of unbranched alkanes of at least 4 members (excludes halogenated alkanes) is 1. The minimum absolute atomic E-state index is 0.172. The standard InChI is InChI=1S/C14H20BrNO2/c1-3-5-6-13(14(17)18-4-2)16-12-9-7-11(15)8-10-12/h7-10,13,16H,3-6H2,1-2H3. The van der Waals surface area contributed by atoms with Gasteiger partial charge in [0.2, 0.25) is 0 Å². The first-order valence-electron chi connectivity index (χ1n) is 6.36. The van der Waals surface area contributed by atoms with Crippen molar-refractivity contribution in [3.63, 3.8) is 0 Å². The van der Waals surface area contributed by atoms with Gasteiger partial charge in [-0.05, 0) is 37.6 Å². The predicted molar refractivity (Wildman–Crippen MR) is 77.7 cm³/mol. The first-order valence-corrected chi connectivity index (χ1v) is 7.15. The van der Waals surface area contributed by atoms with Gasteiger partial charge in [0.25, 0.3) is 0 Å². The van der Waals surface area contributed by atoms with Gasteiger partial charge >= 0.3 is 5.97 Å². The van der Waals surface area contributed by atoms with E-state index in [-0.39, 0.29) is 12.0 Å². The van der Waals surface area contributed by atoms with E-state index in [1.54, 1.807) is 0 Å². The lowest BCUT2D eigenvalue weighted by molar-refractivity contribution is -0.144. The molecule has 1 unspecified atom stereocenters. The van der Waals surface area contributed by atoms with Crippen LogP contribution in [-0.4, -0.2) is 18.6 Å². The molecule has 1 rings (SSSR count). The van der Waals surface area contributed by atoms with Crippen molar-refractivity contribution in [1.29, 1.82) is 0 Å². The van der Waals surface area contributed by atoms with E-state index >= 15 is 0 Å². The fourth-order valence-corrected chi connectivity index (χ4v) is 1.91. The number of hydrogen-bond donors (Lipinski definition) is 1. The highest BCUT2D eigenvalue weighted by molar-refractivity contribution is 9.10. The van der Waals surface area contributed by atoms with Crippen LogP contribution < -0.4 is 5.32 Å². The Balaban J connectivity index is 2.64. The first-order chi connectivity index (χ1) is 8.67. The summed E-state index contributed by atoms with van der Waals surface area (Å²) in [6.45, 7) is 4.36. The first kappa shape index (κ1) is 15.0. The van der Waals surface area contributed by atoms with Crippen LogP contribution in [0, 0.1) is 0 Å². The summed E-state index contributed by atoms with van der Waals surface area (Å²) in [7, 11) is 0. The number of anilines is 1. The Kier molecular flexibility index (Phi) is 6.80. The van der Waals surface area contributed by atoms with E-state index in [4.69, 9.17) is 4.74 Å². The SMILES string of the molecule is CCCCC(Nc1ccc(Br)cc1)C(=O)OCC. The Labute approximate surface area is 117 Å². The summed E-state index contributed by atoms with van der Waals surface area (Å²) < 4.78 is 6.11. The molecule has 0 bridgehead atoms. The highest BCUT2D eigenvalue weighted by Crippen LogP contribution is 2.17. The lowest BCUT2D eigenvalue weighted by Crippen LogP contribution is -2.31. The molecule has 0 aliphatic heterocycles. The molecule has 0 saturated carbocycles. The Morgan fingerprint density at radius 3 is 2.56 bits per heavy atom. The van der Waals surface area contributed by atoms with Crippen LogP contribution in [0.4, 0.5) is 5.69 Å². The average Bonchev–Trinajstić information content (AvgIpc) is 2.37. The Hall–Kier alpha value is -1.03. The number of nitrogens with one attached hydrogen (secondary N) is 1. The number of carbonyl (C=O) groups excluding carboxylic acids is 1. The normalized spacial score (nSPS) is 11.9. The molecule has 0 heterocycles. The lowest BCUT2D eigenvalue weighted by Gasteiger charge is -2.18. The highest BCUT2D eigenvalue weighted by atomic mass is 79.9. The van der Waals surface area contributed by atoms with Gasteiger partial charge < -0.3 is 10.1 Å². The number of carbonyl (C=O) groups is 1. The van der Waals surface area contributed by atoms with E-state index in [1.807, 2.05) is 31.2 Å². The van der Waals surface area contributed by atoms with Crippen molar-refractivity contribution in [1.82, 2.24) is 0 Å². The second-order valence-corrected chi connectivity index (χ2v) is 5.01. The molecule has 1 N–H and O–H groups in total. The predicted octanol–water partition coefficient (Wildman–Crippen LogP) is 3.98. The molecule has 0 saturated heterocycles. The van der Waals surface area contributed by atoms with Crippen LogP contribution in [0.5, 0.6) is 0 Å². The molecule has 0 radical (unpaired) electrons. The Morgan fingerprint density at radius 2 is 2.00 bits per heavy atom. The monoisotopic (exact) mass is 313 g/mol. The molecule has 3 nitrogen and oxygen atoms in total. The topological polar surface area (TPSA) is 38.3 Å². The molecule has 0 aliphatic rings. The van der Waals surface area contributed by atoms with Gasteiger partial charge in [0.15, 0.2) is 0 Å². The maximum atomic E-state index is 11.8. The molecule has 0 fully saturated rings. The van der Waals surface area contributed by atoms with Crippen LogP contribution in [0.25, 0.3) is 0 Å². The van der Waals surface area contributed by atoms with Crippen LogP contribution in [0.15, 0.2) is 28.7 Å². The van der Waals surface area contributed by atoms with E-state index in [1.165, 1.54) is 0 Å². The van der Waals surface area contributed by atoms with Crippen LogP contribution in [0.3, 0.4) is 0 Å². The summed E-state index contributed by atoms with van der Waals surface area (Å²) in [4.78, 5) is 11.8. The molecular weight excluding hydrogens is 294 g/mol. The third-order valence-electron chi connectivity index (χ3n) is 2.60. The van der Waals surface area contributed by atoms with E-state index < -0.39 is 0 Å². The Morgan fingerprint density at radius 1 is 1.33 bits per heavy atom. The van der Waals surface area contributed by atoms with Crippen LogP contribution in [0.1, 0.15) is 33.1 Å². The van der Waals surface area contributed by atoms with Crippen molar-refractivity contribution in [2.45, 2.75) is 39.2 Å². The summed E-state index contributed by atoms with van der Waals surface area (Å²) >= 11 is 3.39. The second-order valence-electron chi connectivity index (χ2n) is 4.10. The molecule has 100 valence electrons. The average molecular weight is 314 g/mol. The third-order valence-corrected chi connectivity index (χ3v) is 3.13. The van der Waals surface area contributed by atoms with Crippen molar-refractivity contribution >= 4 is 27.6 Å². The number of benzene rings is 1. The largest absolute Gasteiger partial charge is 0.464 e. The molecule has 1 aromatic carbocycles. The fraction of sp³-hybridized carbons (Fsp3) is 0.500. The van der Waals surface area contributed by atoms with Gasteiger partial charge in [0.1, 0.15) is 6.04 Å². The van der Waals surface area contributed by atoms with Gasteiger partial charge in [-0.1, -0.05) is 35.7 Å².